The molecule has 0 aliphatic carbocycles. The van der Waals surface area contributed by atoms with E-state index in [1.807, 2.05) is 82.3 Å². The average molecular weight is 549 g/mol. The van der Waals surface area contributed by atoms with Gasteiger partial charge >= 0.3 is 5.97 Å². The number of carboxylic acid groups (broad SMARTS) is 1. The van der Waals surface area contributed by atoms with Gasteiger partial charge in [-0.2, -0.15) is 0 Å². The number of aliphatic carboxylic acids is 1. The summed E-state index contributed by atoms with van der Waals surface area (Å²) in [5.74, 6) is -0.321. The second kappa shape index (κ2) is 10.2. The monoisotopic (exact) mass is 548 g/mol. The Hall–Kier alpha value is -4.49. The number of carbonyl (C=O) groups is 1. The summed E-state index contributed by atoms with van der Waals surface area (Å²) in [5.41, 5.74) is 5.45. The third kappa shape index (κ3) is 4.87. The summed E-state index contributed by atoms with van der Waals surface area (Å²) >= 11 is 0. The molecule has 1 N–H and O–H groups in total. The zero-order valence-corrected chi connectivity index (χ0v) is 23.6. The van der Waals surface area contributed by atoms with Crippen molar-refractivity contribution in [3.63, 3.8) is 0 Å². The molecule has 0 spiro atoms. The number of carboxylic acids is 1. The lowest BCUT2D eigenvalue weighted by Gasteiger charge is -2.29. The molecule has 1 atom stereocenters. The lowest BCUT2D eigenvalue weighted by molar-refractivity contribution is -0.160. The largest absolute Gasteiger partial charge is 0.493 e. The number of hydrogen-bond donors (Lipinski definition) is 1. The maximum Gasteiger partial charge on any atom is 0.337 e. The molecular formula is C34H32N2O5. The van der Waals surface area contributed by atoms with Crippen LogP contribution < -0.4 is 10.3 Å². The molecule has 0 bridgehead atoms. The molecule has 208 valence electrons. The van der Waals surface area contributed by atoms with E-state index in [9.17, 15) is 14.7 Å². The van der Waals surface area contributed by atoms with Crippen molar-refractivity contribution in [2.24, 2.45) is 0 Å². The highest BCUT2D eigenvalue weighted by Crippen LogP contribution is 2.45. The van der Waals surface area contributed by atoms with Crippen molar-refractivity contribution >= 4 is 27.8 Å². The number of aryl methyl sites for hydroxylation is 1. The molecule has 7 nitrogen and oxygen atoms in total. The summed E-state index contributed by atoms with van der Waals surface area (Å²) in [4.78, 5) is 30.9. The maximum absolute atomic E-state index is 13.3. The van der Waals surface area contributed by atoms with Gasteiger partial charge in [-0.1, -0.05) is 30.3 Å². The lowest BCUT2D eigenvalue weighted by Crippen LogP contribution is -2.28. The third-order valence-electron chi connectivity index (χ3n) is 7.52. The van der Waals surface area contributed by atoms with Gasteiger partial charge in [0.2, 0.25) is 0 Å². The highest BCUT2D eigenvalue weighted by atomic mass is 16.5. The van der Waals surface area contributed by atoms with Gasteiger partial charge in [-0.3, -0.25) is 9.78 Å². The first kappa shape index (κ1) is 26.7. The standard InChI is InChI=1S/C34H32N2O5/c1-20-18-25-23(11-13-27(37)36(25)19-21-8-6-5-7-9-21)30(28(20)32(33(38)39)41-34(2,3)4)24-10-12-26-29-22(15-17-40-26)14-16-35-31(24)29/h5-14,16,18,32H,15,17,19H2,1-4H3,(H,38,39)/t32-/m0/s1. The van der Waals surface area contributed by atoms with Crippen LogP contribution in [0.3, 0.4) is 0 Å². The number of rotatable bonds is 6. The fraction of sp³-hybridized carbons (Fsp3) is 0.265. The van der Waals surface area contributed by atoms with Crippen molar-refractivity contribution in [2.75, 3.05) is 6.61 Å². The topological polar surface area (TPSA) is 90.7 Å². The van der Waals surface area contributed by atoms with Gasteiger partial charge in [0.25, 0.3) is 5.56 Å². The second-order valence-corrected chi connectivity index (χ2v) is 11.5. The zero-order chi connectivity index (χ0) is 28.9. The molecule has 0 fully saturated rings. The Bertz CT molecular complexity index is 1860. The highest BCUT2D eigenvalue weighted by molar-refractivity contribution is 6.08. The van der Waals surface area contributed by atoms with E-state index in [-0.39, 0.29) is 5.56 Å². The quantitative estimate of drug-likeness (QED) is 0.262. The van der Waals surface area contributed by atoms with Gasteiger partial charge in [0.05, 0.1) is 29.8 Å². The lowest BCUT2D eigenvalue weighted by atomic mass is 9.86. The summed E-state index contributed by atoms with van der Waals surface area (Å²) in [6.45, 7) is 8.39. The minimum atomic E-state index is -1.24. The molecule has 3 heterocycles. The highest BCUT2D eigenvalue weighted by Gasteiger charge is 2.33. The summed E-state index contributed by atoms with van der Waals surface area (Å²) in [6, 6.07) is 20.9. The zero-order valence-electron chi connectivity index (χ0n) is 23.6. The number of pyridine rings is 2. The smallest absolute Gasteiger partial charge is 0.337 e. The van der Waals surface area contributed by atoms with Gasteiger partial charge in [-0.25, -0.2) is 4.79 Å². The summed E-state index contributed by atoms with van der Waals surface area (Å²) in [7, 11) is 0. The molecule has 1 aliphatic rings. The fourth-order valence-corrected chi connectivity index (χ4v) is 5.83. The van der Waals surface area contributed by atoms with Crippen LogP contribution in [0.2, 0.25) is 0 Å². The van der Waals surface area contributed by atoms with E-state index in [1.165, 1.54) is 0 Å². The molecule has 0 amide bonds. The van der Waals surface area contributed by atoms with Gasteiger partial charge in [-0.15, -0.1) is 0 Å². The predicted molar refractivity (Wildman–Crippen MR) is 160 cm³/mol. The van der Waals surface area contributed by atoms with Crippen molar-refractivity contribution in [3.05, 3.63) is 106 Å². The fourth-order valence-electron chi connectivity index (χ4n) is 5.83. The minimum Gasteiger partial charge on any atom is -0.493 e. The van der Waals surface area contributed by atoms with Gasteiger partial charge in [0, 0.05) is 40.6 Å². The summed E-state index contributed by atoms with van der Waals surface area (Å²) in [6.07, 6.45) is 1.31. The Labute approximate surface area is 238 Å². The van der Waals surface area contributed by atoms with E-state index < -0.39 is 17.7 Å². The summed E-state index contributed by atoms with van der Waals surface area (Å²) in [5, 5.41) is 12.2. The molecule has 0 saturated heterocycles. The van der Waals surface area contributed by atoms with Crippen LogP contribution in [-0.4, -0.2) is 32.8 Å². The van der Waals surface area contributed by atoms with Crippen molar-refractivity contribution < 1.29 is 19.4 Å². The maximum atomic E-state index is 13.3. The van der Waals surface area contributed by atoms with E-state index >= 15 is 0 Å². The number of aromatic nitrogens is 2. The Morgan fingerprint density at radius 3 is 2.61 bits per heavy atom. The van der Waals surface area contributed by atoms with E-state index in [0.717, 1.165) is 45.1 Å². The SMILES string of the molecule is Cc1cc2c(ccc(=O)n2Cc2ccccc2)c(-c2ccc3c4c(ccnc24)CCO3)c1[C@H](OC(C)(C)C)C(=O)O. The van der Waals surface area contributed by atoms with Crippen molar-refractivity contribution in [2.45, 2.75) is 52.4 Å². The minimum absolute atomic E-state index is 0.136. The Morgan fingerprint density at radius 2 is 1.88 bits per heavy atom. The molecule has 0 saturated carbocycles. The molecular weight excluding hydrogens is 516 g/mol. The van der Waals surface area contributed by atoms with Crippen LogP contribution in [0.15, 0.2) is 77.7 Å². The van der Waals surface area contributed by atoms with Gasteiger partial charge in [0.1, 0.15) is 5.75 Å². The van der Waals surface area contributed by atoms with Crippen molar-refractivity contribution in [3.8, 4) is 16.9 Å². The molecule has 41 heavy (non-hydrogen) atoms. The van der Waals surface area contributed by atoms with Gasteiger partial charge in [-0.05, 0) is 80.3 Å². The molecule has 2 aromatic heterocycles. The van der Waals surface area contributed by atoms with Crippen LogP contribution in [0, 0.1) is 6.92 Å². The third-order valence-corrected chi connectivity index (χ3v) is 7.52. The van der Waals surface area contributed by atoms with Crippen LogP contribution >= 0.6 is 0 Å². The second-order valence-electron chi connectivity index (χ2n) is 11.5. The number of benzene rings is 3. The van der Waals surface area contributed by atoms with Crippen LogP contribution in [-0.2, 0) is 22.5 Å². The van der Waals surface area contributed by atoms with E-state index in [2.05, 4.69) is 0 Å². The van der Waals surface area contributed by atoms with Gasteiger partial charge in [0.15, 0.2) is 6.10 Å². The van der Waals surface area contributed by atoms with Crippen LogP contribution in [0.1, 0.15) is 49.1 Å². The number of hydrogen-bond acceptors (Lipinski definition) is 5. The normalized spacial score (nSPS) is 13.8. The summed E-state index contributed by atoms with van der Waals surface area (Å²) < 4.78 is 13.9. The number of nitrogens with zero attached hydrogens (tertiary/aromatic N) is 2. The number of fused-ring (bicyclic) bond motifs is 1. The van der Waals surface area contributed by atoms with E-state index in [1.54, 1.807) is 22.9 Å². The van der Waals surface area contributed by atoms with Crippen LogP contribution in [0.25, 0.3) is 32.9 Å². The Balaban J connectivity index is 1.73. The first-order chi connectivity index (χ1) is 19.6. The first-order valence-electron chi connectivity index (χ1n) is 13.8. The number of ether oxygens (including phenoxy) is 2. The molecule has 1 aliphatic heterocycles. The molecule has 5 aromatic rings. The first-order valence-corrected chi connectivity index (χ1v) is 13.8. The van der Waals surface area contributed by atoms with Crippen molar-refractivity contribution in [1.29, 1.82) is 0 Å². The molecule has 0 radical (unpaired) electrons. The van der Waals surface area contributed by atoms with Crippen LogP contribution in [0.4, 0.5) is 0 Å². The van der Waals surface area contributed by atoms with E-state index in [4.69, 9.17) is 14.5 Å². The predicted octanol–water partition coefficient (Wildman–Crippen LogP) is 6.45. The molecule has 6 rings (SSSR count). The molecule has 3 aromatic carbocycles. The Kier molecular flexibility index (Phi) is 6.62. The van der Waals surface area contributed by atoms with E-state index in [0.29, 0.717) is 35.4 Å². The van der Waals surface area contributed by atoms with Crippen LogP contribution in [0.5, 0.6) is 5.75 Å². The molecule has 0 unspecified atom stereocenters. The average Bonchev–Trinajstić information content (AvgIpc) is 2.94. The van der Waals surface area contributed by atoms with Crippen molar-refractivity contribution in [1.82, 2.24) is 9.55 Å². The Morgan fingerprint density at radius 1 is 1.10 bits per heavy atom. The van der Waals surface area contributed by atoms with Gasteiger partial charge < -0.3 is 19.1 Å². The molecule has 7 heteroatoms.